The van der Waals surface area contributed by atoms with Crippen molar-refractivity contribution >= 4 is 12.4 Å². The molecule has 3 N–H and O–H groups in total. The zero-order chi connectivity index (χ0) is 8.39. The monoisotopic (exact) mass is 200 g/mol. The third kappa shape index (κ3) is 1.88. The predicted octanol–water partition coefficient (Wildman–Crippen LogP) is 0.945. The first kappa shape index (κ1) is 9.76. The van der Waals surface area contributed by atoms with Gasteiger partial charge in [0, 0.05) is 6.20 Å². The molecule has 0 bridgehead atoms. The Hall–Kier alpha value is -1.33. The molecule has 0 spiro atoms. The lowest BCUT2D eigenvalue weighted by atomic mass is 10.4. The molecule has 0 saturated heterocycles. The quantitative estimate of drug-likeness (QED) is 0.756. The van der Waals surface area contributed by atoms with Crippen molar-refractivity contribution in [2.45, 2.75) is 6.54 Å². The standard InChI is InChI=1S/C7H8N4O.ClH/c8-4-6-10-11-7(12-6)5-2-1-3-9-5;/h1-3,9H,4,8H2;1H. The summed E-state index contributed by atoms with van der Waals surface area (Å²) in [6, 6.07) is 3.72. The van der Waals surface area contributed by atoms with Crippen LogP contribution in [0, 0.1) is 0 Å². The molecule has 0 saturated carbocycles. The Kier molecular flexibility index (Phi) is 3.05. The van der Waals surface area contributed by atoms with Gasteiger partial charge in [0.05, 0.1) is 6.54 Å². The van der Waals surface area contributed by atoms with Gasteiger partial charge in [-0.05, 0) is 12.1 Å². The number of aromatic amines is 1. The van der Waals surface area contributed by atoms with Crippen LogP contribution in [0.1, 0.15) is 5.89 Å². The lowest BCUT2D eigenvalue weighted by Crippen LogP contribution is -1.95. The second kappa shape index (κ2) is 4.06. The Balaban J connectivity index is 0.000000845. The molecule has 2 aromatic heterocycles. The highest BCUT2D eigenvalue weighted by molar-refractivity contribution is 5.85. The molecule has 5 nitrogen and oxygen atoms in total. The van der Waals surface area contributed by atoms with Gasteiger partial charge >= 0.3 is 0 Å². The molecule has 0 atom stereocenters. The summed E-state index contributed by atoms with van der Waals surface area (Å²) in [5.74, 6) is 0.917. The number of hydrogen-bond acceptors (Lipinski definition) is 4. The van der Waals surface area contributed by atoms with Crippen molar-refractivity contribution in [3.8, 4) is 11.6 Å². The first-order valence-electron chi connectivity index (χ1n) is 3.56. The smallest absolute Gasteiger partial charge is 0.264 e. The van der Waals surface area contributed by atoms with E-state index in [1.807, 2.05) is 12.1 Å². The van der Waals surface area contributed by atoms with Crippen LogP contribution < -0.4 is 5.73 Å². The highest BCUT2D eigenvalue weighted by Gasteiger charge is 2.06. The van der Waals surface area contributed by atoms with E-state index in [0.29, 0.717) is 11.8 Å². The van der Waals surface area contributed by atoms with Crippen LogP contribution in [0.5, 0.6) is 0 Å². The summed E-state index contributed by atoms with van der Waals surface area (Å²) < 4.78 is 5.20. The van der Waals surface area contributed by atoms with E-state index < -0.39 is 0 Å². The fourth-order valence-corrected chi connectivity index (χ4v) is 0.908. The maximum atomic E-state index is 5.31. The highest BCUT2D eigenvalue weighted by Crippen LogP contribution is 2.13. The van der Waals surface area contributed by atoms with Crippen molar-refractivity contribution in [3.63, 3.8) is 0 Å². The first-order chi connectivity index (χ1) is 5.90. The summed E-state index contributed by atoms with van der Waals surface area (Å²) in [4.78, 5) is 2.95. The second-order valence-electron chi connectivity index (χ2n) is 2.29. The van der Waals surface area contributed by atoms with Gasteiger partial charge in [0.25, 0.3) is 5.89 Å². The van der Waals surface area contributed by atoms with Crippen LogP contribution in [0.4, 0.5) is 0 Å². The van der Waals surface area contributed by atoms with Gasteiger partial charge in [0.1, 0.15) is 5.69 Å². The summed E-state index contributed by atoms with van der Waals surface area (Å²) in [6.07, 6.45) is 1.79. The van der Waals surface area contributed by atoms with Gasteiger partial charge in [0.15, 0.2) is 0 Å². The summed E-state index contributed by atoms with van der Waals surface area (Å²) in [6.45, 7) is 0.272. The van der Waals surface area contributed by atoms with Crippen LogP contribution in [0.15, 0.2) is 22.7 Å². The average molecular weight is 201 g/mol. The van der Waals surface area contributed by atoms with E-state index in [0.717, 1.165) is 5.69 Å². The zero-order valence-corrected chi connectivity index (χ0v) is 7.54. The Bertz CT molecular complexity index is 356. The van der Waals surface area contributed by atoms with Crippen LogP contribution in [0.25, 0.3) is 11.6 Å². The molecule has 2 aromatic rings. The van der Waals surface area contributed by atoms with Crippen molar-refractivity contribution < 1.29 is 4.42 Å². The van der Waals surface area contributed by atoms with Crippen LogP contribution in [0.3, 0.4) is 0 Å². The normalized spacial score (nSPS) is 9.62. The molecular formula is C7H9ClN4O. The molecule has 0 aliphatic rings. The van der Waals surface area contributed by atoms with E-state index in [1.54, 1.807) is 6.20 Å². The number of hydrogen-bond donors (Lipinski definition) is 2. The Labute approximate surface area is 80.8 Å². The van der Waals surface area contributed by atoms with E-state index in [1.165, 1.54) is 0 Å². The topological polar surface area (TPSA) is 80.7 Å². The number of aromatic nitrogens is 3. The molecule has 0 aliphatic carbocycles. The van der Waals surface area contributed by atoms with Gasteiger partial charge < -0.3 is 15.1 Å². The Morgan fingerprint density at radius 2 is 2.31 bits per heavy atom. The van der Waals surface area contributed by atoms with Gasteiger partial charge in [-0.25, -0.2) is 0 Å². The van der Waals surface area contributed by atoms with E-state index in [-0.39, 0.29) is 19.0 Å². The Morgan fingerprint density at radius 1 is 1.46 bits per heavy atom. The number of nitrogens with zero attached hydrogens (tertiary/aromatic N) is 2. The van der Waals surface area contributed by atoms with Crippen molar-refractivity contribution in [2.24, 2.45) is 5.73 Å². The third-order valence-corrected chi connectivity index (χ3v) is 1.47. The largest absolute Gasteiger partial charge is 0.418 e. The summed E-state index contributed by atoms with van der Waals surface area (Å²) in [5, 5.41) is 7.53. The third-order valence-electron chi connectivity index (χ3n) is 1.47. The van der Waals surface area contributed by atoms with Crippen LogP contribution >= 0.6 is 12.4 Å². The lowest BCUT2D eigenvalue weighted by Gasteiger charge is -1.85. The van der Waals surface area contributed by atoms with Crippen molar-refractivity contribution in [1.29, 1.82) is 0 Å². The van der Waals surface area contributed by atoms with Gasteiger partial charge in [-0.2, -0.15) is 0 Å². The molecule has 0 unspecified atom stereocenters. The Morgan fingerprint density at radius 3 is 2.85 bits per heavy atom. The summed E-state index contributed by atoms with van der Waals surface area (Å²) in [5.41, 5.74) is 6.12. The fourth-order valence-electron chi connectivity index (χ4n) is 0.908. The molecule has 0 radical (unpaired) electrons. The number of rotatable bonds is 2. The van der Waals surface area contributed by atoms with Crippen molar-refractivity contribution in [2.75, 3.05) is 0 Å². The second-order valence-corrected chi connectivity index (χ2v) is 2.29. The fraction of sp³-hybridized carbons (Fsp3) is 0.143. The highest BCUT2D eigenvalue weighted by atomic mass is 35.5. The number of nitrogens with two attached hydrogens (primary N) is 1. The number of halogens is 1. The molecule has 2 heterocycles. The van der Waals surface area contributed by atoms with Crippen LogP contribution in [-0.4, -0.2) is 15.2 Å². The summed E-state index contributed by atoms with van der Waals surface area (Å²) in [7, 11) is 0. The molecule has 0 amide bonds. The molecule has 0 aromatic carbocycles. The minimum absolute atomic E-state index is 0. The molecule has 0 fully saturated rings. The summed E-state index contributed by atoms with van der Waals surface area (Å²) >= 11 is 0. The maximum Gasteiger partial charge on any atom is 0.264 e. The molecule has 0 aliphatic heterocycles. The molecular weight excluding hydrogens is 192 g/mol. The average Bonchev–Trinajstić information content (AvgIpc) is 2.75. The molecule has 2 rings (SSSR count). The predicted molar refractivity (Wildman–Crippen MR) is 49.2 cm³/mol. The number of H-pyrrole nitrogens is 1. The van der Waals surface area contributed by atoms with E-state index in [2.05, 4.69) is 15.2 Å². The van der Waals surface area contributed by atoms with E-state index in [9.17, 15) is 0 Å². The molecule has 6 heteroatoms. The van der Waals surface area contributed by atoms with Crippen LogP contribution in [0.2, 0.25) is 0 Å². The van der Waals surface area contributed by atoms with Crippen molar-refractivity contribution in [1.82, 2.24) is 15.2 Å². The van der Waals surface area contributed by atoms with Crippen molar-refractivity contribution in [3.05, 3.63) is 24.2 Å². The minimum Gasteiger partial charge on any atom is -0.418 e. The van der Waals surface area contributed by atoms with Gasteiger partial charge in [-0.3, -0.25) is 0 Å². The van der Waals surface area contributed by atoms with E-state index >= 15 is 0 Å². The molecule has 70 valence electrons. The van der Waals surface area contributed by atoms with Gasteiger partial charge in [0.2, 0.25) is 5.89 Å². The maximum absolute atomic E-state index is 5.31. The van der Waals surface area contributed by atoms with Gasteiger partial charge in [-0.15, -0.1) is 22.6 Å². The first-order valence-corrected chi connectivity index (χ1v) is 3.56. The van der Waals surface area contributed by atoms with Gasteiger partial charge in [-0.1, -0.05) is 0 Å². The lowest BCUT2D eigenvalue weighted by molar-refractivity contribution is 0.507. The molecule has 13 heavy (non-hydrogen) atoms. The minimum atomic E-state index is 0. The number of nitrogens with one attached hydrogen (secondary N) is 1. The SMILES string of the molecule is Cl.NCc1nnc(-c2ccc[nH]2)o1. The van der Waals surface area contributed by atoms with E-state index in [4.69, 9.17) is 10.2 Å². The van der Waals surface area contributed by atoms with Crippen LogP contribution in [-0.2, 0) is 6.54 Å². The zero-order valence-electron chi connectivity index (χ0n) is 6.73.